The summed E-state index contributed by atoms with van der Waals surface area (Å²) in [4.78, 5) is 3.26. The fourth-order valence-electron chi connectivity index (χ4n) is 0.698. The number of hydrogen-bond acceptors (Lipinski definition) is 1. The molecule has 0 radical (unpaired) electrons. The van der Waals surface area contributed by atoms with Gasteiger partial charge in [0.05, 0.1) is 12.8 Å². The Labute approximate surface area is 53.9 Å². The van der Waals surface area contributed by atoms with Crippen molar-refractivity contribution >= 4 is 5.69 Å². The van der Waals surface area contributed by atoms with Gasteiger partial charge in [0.15, 0.2) is 0 Å². The maximum Gasteiger partial charge on any atom is 0.227 e. The number of aryl methyl sites for hydroxylation is 1. The molecule has 0 saturated heterocycles. The molecule has 0 unspecified atom stereocenters. The Morgan fingerprint density at radius 3 is 3.00 bits per heavy atom. The molecule has 0 fully saturated rings. The van der Waals surface area contributed by atoms with E-state index in [4.69, 9.17) is 11.0 Å². The van der Waals surface area contributed by atoms with Gasteiger partial charge in [-0.25, -0.2) is 4.85 Å². The molecule has 2 heteroatoms. The van der Waals surface area contributed by atoms with Crippen LogP contribution >= 0.6 is 0 Å². The van der Waals surface area contributed by atoms with Gasteiger partial charge in [-0.15, -0.1) is 0 Å². The number of nitrogens with zero attached hydrogens (tertiary/aromatic N) is 1. The molecule has 0 saturated carbocycles. The van der Waals surface area contributed by atoms with E-state index in [-0.39, 0.29) is 0 Å². The molecule has 46 valence electrons. The van der Waals surface area contributed by atoms with Crippen molar-refractivity contribution in [1.29, 1.82) is 0 Å². The van der Waals surface area contributed by atoms with Crippen molar-refractivity contribution in [1.82, 2.24) is 0 Å². The van der Waals surface area contributed by atoms with Gasteiger partial charge in [-0.3, -0.25) is 0 Å². The molecule has 1 heterocycles. The Balaban J connectivity index is 3.02. The molecule has 0 aliphatic heterocycles. The minimum Gasteiger partial charge on any atom is -0.482 e. The van der Waals surface area contributed by atoms with Crippen LogP contribution in [0.5, 0.6) is 0 Å². The minimum absolute atomic E-state index is 0.637. The lowest BCUT2D eigenvalue weighted by Gasteiger charge is -1.85. The fourth-order valence-corrected chi connectivity index (χ4v) is 0.698. The van der Waals surface area contributed by atoms with Crippen molar-refractivity contribution in [3.63, 3.8) is 0 Å². The van der Waals surface area contributed by atoms with E-state index >= 15 is 0 Å². The SMILES string of the molecule is [C-]#[N+]c1ccoc1CC. The highest BCUT2D eigenvalue weighted by Gasteiger charge is 2.00. The third kappa shape index (κ3) is 0.945. The maximum absolute atomic E-state index is 6.67. The first-order valence-electron chi connectivity index (χ1n) is 2.82. The first-order valence-corrected chi connectivity index (χ1v) is 2.82. The third-order valence-electron chi connectivity index (χ3n) is 1.16. The predicted molar refractivity (Wildman–Crippen MR) is 34.3 cm³/mol. The third-order valence-corrected chi connectivity index (χ3v) is 1.16. The van der Waals surface area contributed by atoms with E-state index in [9.17, 15) is 0 Å². The summed E-state index contributed by atoms with van der Waals surface area (Å²) in [6, 6.07) is 1.69. The molecular weight excluding hydrogens is 114 g/mol. The lowest BCUT2D eigenvalue weighted by molar-refractivity contribution is 0.518. The molecule has 9 heavy (non-hydrogen) atoms. The van der Waals surface area contributed by atoms with Crippen LogP contribution in [0.1, 0.15) is 12.7 Å². The zero-order valence-corrected chi connectivity index (χ0v) is 5.22. The second kappa shape index (κ2) is 2.36. The van der Waals surface area contributed by atoms with E-state index in [1.807, 2.05) is 6.92 Å². The van der Waals surface area contributed by atoms with Crippen LogP contribution in [0.15, 0.2) is 16.7 Å². The van der Waals surface area contributed by atoms with Gasteiger partial charge in [0, 0.05) is 0 Å². The molecule has 0 aliphatic rings. The zero-order chi connectivity index (χ0) is 6.69. The monoisotopic (exact) mass is 121 g/mol. The second-order valence-electron chi connectivity index (χ2n) is 1.69. The van der Waals surface area contributed by atoms with Gasteiger partial charge in [-0.2, -0.15) is 0 Å². The van der Waals surface area contributed by atoms with Crippen molar-refractivity contribution in [2.45, 2.75) is 13.3 Å². The summed E-state index contributed by atoms with van der Waals surface area (Å²) in [5, 5.41) is 0. The lowest BCUT2D eigenvalue weighted by atomic mass is 10.3. The van der Waals surface area contributed by atoms with Crippen LogP contribution in [0, 0.1) is 6.57 Å². The van der Waals surface area contributed by atoms with Gasteiger partial charge >= 0.3 is 0 Å². The van der Waals surface area contributed by atoms with Gasteiger partial charge in [0.25, 0.3) is 0 Å². The summed E-state index contributed by atoms with van der Waals surface area (Å²) in [7, 11) is 0. The van der Waals surface area contributed by atoms with E-state index in [2.05, 4.69) is 4.85 Å². The zero-order valence-electron chi connectivity index (χ0n) is 5.22. The van der Waals surface area contributed by atoms with E-state index < -0.39 is 0 Å². The molecule has 1 aromatic rings. The van der Waals surface area contributed by atoms with Crippen molar-refractivity contribution in [2.24, 2.45) is 0 Å². The summed E-state index contributed by atoms with van der Waals surface area (Å²) in [5.74, 6) is 0.782. The van der Waals surface area contributed by atoms with Crippen LogP contribution in [0.2, 0.25) is 0 Å². The van der Waals surface area contributed by atoms with Gasteiger partial charge in [-0.1, -0.05) is 6.92 Å². The average molecular weight is 121 g/mol. The van der Waals surface area contributed by atoms with Gasteiger partial charge in [-0.05, 0) is 12.5 Å². The molecule has 0 amide bonds. The van der Waals surface area contributed by atoms with Crippen molar-refractivity contribution in [2.75, 3.05) is 0 Å². The Morgan fingerprint density at radius 1 is 1.78 bits per heavy atom. The largest absolute Gasteiger partial charge is 0.482 e. The lowest BCUT2D eigenvalue weighted by Crippen LogP contribution is -1.69. The molecule has 1 rings (SSSR count). The molecule has 2 nitrogen and oxygen atoms in total. The fraction of sp³-hybridized carbons (Fsp3) is 0.286. The highest BCUT2D eigenvalue weighted by atomic mass is 16.3. The topological polar surface area (TPSA) is 17.5 Å². The van der Waals surface area contributed by atoms with Crippen LogP contribution in [0.3, 0.4) is 0 Å². The first kappa shape index (κ1) is 5.90. The van der Waals surface area contributed by atoms with E-state index in [1.54, 1.807) is 12.3 Å². The Morgan fingerprint density at radius 2 is 2.56 bits per heavy atom. The van der Waals surface area contributed by atoms with Crippen LogP contribution in [0.25, 0.3) is 4.85 Å². The quantitative estimate of drug-likeness (QED) is 0.521. The van der Waals surface area contributed by atoms with Crippen LogP contribution < -0.4 is 0 Å². The number of furan rings is 1. The minimum atomic E-state index is 0.637. The summed E-state index contributed by atoms with van der Waals surface area (Å²) in [6.45, 7) is 8.64. The molecule has 0 aromatic carbocycles. The summed E-state index contributed by atoms with van der Waals surface area (Å²) >= 11 is 0. The van der Waals surface area contributed by atoms with E-state index in [0.717, 1.165) is 12.2 Å². The Bertz CT molecular complexity index is 231. The highest BCUT2D eigenvalue weighted by molar-refractivity contribution is 5.47. The van der Waals surface area contributed by atoms with Crippen molar-refractivity contribution in [3.8, 4) is 0 Å². The molecule has 0 N–H and O–H groups in total. The van der Waals surface area contributed by atoms with Gasteiger partial charge in [0.1, 0.15) is 5.76 Å². The van der Waals surface area contributed by atoms with Gasteiger partial charge in [0.2, 0.25) is 5.69 Å². The van der Waals surface area contributed by atoms with E-state index in [0.29, 0.717) is 5.69 Å². The molecule has 0 spiro atoms. The number of hydrogen-bond donors (Lipinski definition) is 0. The van der Waals surface area contributed by atoms with Gasteiger partial charge < -0.3 is 4.42 Å². The van der Waals surface area contributed by atoms with Crippen LogP contribution in [-0.4, -0.2) is 0 Å². The molecule has 1 aromatic heterocycles. The normalized spacial score (nSPS) is 8.89. The second-order valence-corrected chi connectivity index (χ2v) is 1.69. The summed E-state index contributed by atoms with van der Waals surface area (Å²) in [5.41, 5.74) is 0.637. The number of rotatable bonds is 1. The van der Waals surface area contributed by atoms with Crippen molar-refractivity contribution < 1.29 is 4.42 Å². The molecule has 0 bridgehead atoms. The Kier molecular flexibility index (Phi) is 1.55. The summed E-state index contributed by atoms with van der Waals surface area (Å²) in [6.07, 6.45) is 2.34. The van der Waals surface area contributed by atoms with E-state index in [1.165, 1.54) is 0 Å². The summed E-state index contributed by atoms with van der Waals surface area (Å²) < 4.78 is 4.99. The van der Waals surface area contributed by atoms with Crippen LogP contribution in [0.4, 0.5) is 5.69 Å². The Hall–Kier alpha value is -1.23. The standard InChI is InChI=1S/C7H7NO/c1-3-7-6(8-2)4-5-9-7/h4-5H,3H2,1H3. The predicted octanol–water partition coefficient (Wildman–Crippen LogP) is 2.39. The maximum atomic E-state index is 6.67. The smallest absolute Gasteiger partial charge is 0.227 e. The molecule has 0 atom stereocenters. The van der Waals surface area contributed by atoms with Crippen LogP contribution in [-0.2, 0) is 6.42 Å². The average Bonchev–Trinajstić information content (AvgIpc) is 2.33. The first-order chi connectivity index (χ1) is 4.38. The molecular formula is C7H7NO. The van der Waals surface area contributed by atoms with Crippen molar-refractivity contribution in [3.05, 3.63) is 29.5 Å². The highest BCUT2D eigenvalue weighted by Crippen LogP contribution is 2.19. The molecule has 0 aliphatic carbocycles.